The van der Waals surface area contributed by atoms with Gasteiger partial charge in [-0.2, -0.15) is 0 Å². The molecule has 2 aromatic rings. The van der Waals surface area contributed by atoms with E-state index in [0.717, 1.165) is 4.90 Å². The molecule has 0 aliphatic rings. The van der Waals surface area contributed by atoms with Gasteiger partial charge in [0.15, 0.2) is 10.8 Å². The van der Waals surface area contributed by atoms with Crippen molar-refractivity contribution in [3.05, 3.63) is 30.0 Å². The van der Waals surface area contributed by atoms with E-state index >= 15 is 0 Å². The average Bonchev–Trinajstić information content (AvgIpc) is 2.74. The van der Waals surface area contributed by atoms with Crippen LogP contribution in [0.15, 0.2) is 33.4 Å². The van der Waals surface area contributed by atoms with Gasteiger partial charge in [-0.25, -0.2) is 9.78 Å². The van der Waals surface area contributed by atoms with E-state index in [1.807, 2.05) is 18.2 Å². The zero-order valence-corrected chi connectivity index (χ0v) is 11.9. The van der Waals surface area contributed by atoms with E-state index in [2.05, 4.69) is 4.98 Å². The third-order valence-corrected chi connectivity index (χ3v) is 4.35. The molecule has 0 saturated carbocycles. The number of benzene rings is 1. The highest BCUT2D eigenvalue weighted by atomic mass is 32.2. The second-order valence-electron chi connectivity index (χ2n) is 3.55. The summed E-state index contributed by atoms with van der Waals surface area (Å²) in [6, 6.07) is 7.42. The van der Waals surface area contributed by atoms with Crippen LogP contribution in [-0.2, 0) is 4.74 Å². The number of nitrogens with zero attached hydrogens (tertiary/aromatic N) is 1. The number of aromatic nitrogens is 1. The van der Waals surface area contributed by atoms with E-state index in [1.165, 1.54) is 23.1 Å². The lowest BCUT2D eigenvalue weighted by Crippen LogP contribution is -2.06. The highest BCUT2D eigenvalue weighted by molar-refractivity contribution is 8.01. The molecule has 100 valence electrons. The Labute approximate surface area is 119 Å². The van der Waals surface area contributed by atoms with Gasteiger partial charge < -0.3 is 16.2 Å². The van der Waals surface area contributed by atoms with Crippen molar-refractivity contribution in [3.8, 4) is 0 Å². The van der Waals surface area contributed by atoms with Crippen LogP contribution in [0.4, 0.5) is 10.8 Å². The third-order valence-electron chi connectivity index (χ3n) is 2.20. The van der Waals surface area contributed by atoms with Gasteiger partial charge >= 0.3 is 5.97 Å². The Morgan fingerprint density at radius 2 is 2.16 bits per heavy atom. The van der Waals surface area contributed by atoms with Crippen LogP contribution in [0.1, 0.15) is 17.4 Å². The van der Waals surface area contributed by atoms with E-state index in [0.29, 0.717) is 21.6 Å². The summed E-state index contributed by atoms with van der Waals surface area (Å²) in [5, 5.41) is 0.333. The van der Waals surface area contributed by atoms with Crippen LogP contribution in [0.5, 0.6) is 0 Å². The fraction of sp³-hybridized carbons (Fsp3) is 0.167. The van der Waals surface area contributed by atoms with Crippen LogP contribution in [0.3, 0.4) is 0 Å². The van der Waals surface area contributed by atoms with Crippen molar-refractivity contribution in [2.75, 3.05) is 18.1 Å². The molecular formula is C12H13N3O2S2. The smallest absolute Gasteiger partial charge is 0.359 e. The molecule has 7 heteroatoms. The first-order chi connectivity index (χ1) is 9.11. The number of ether oxygens (including phenoxy) is 1. The minimum absolute atomic E-state index is 0.248. The predicted octanol–water partition coefficient (Wildman–Crippen LogP) is 2.64. The number of carbonyl (C=O) groups excluding carboxylic acids is 1. The van der Waals surface area contributed by atoms with Crippen molar-refractivity contribution in [2.24, 2.45) is 0 Å². The lowest BCUT2D eigenvalue weighted by atomic mass is 10.3. The number of anilines is 2. The third kappa shape index (κ3) is 3.18. The van der Waals surface area contributed by atoms with Gasteiger partial charge in [-0.1, -0.05) is 35.2 Å². The second-order valence-corrected chi connectivity index (χ2v) is 5.89. The maximum Gasteiger partial charge on any atom is 0.359 e. The number of esters is 1. The zero-order valence-electron chi connectivity index (χ0n) is 10.3. The van der Waals surface area contributed by atoms with Crippen molar-refractivity contribution in [2.45, 2.75) is 16.0 Å². The fourth-order valence-electron chi connectivity index (χ4n) is 1.39. The molecule has 0 aliphatic carbocycles. The Morgan fingerprint density at radius 3 is 2.84 bits per heavy atom. The summed E-state index contributed by atoms with van der Waals surface area (Å²) < 4.78 is 5.64. The number of carbonyl (C=O) groups is 1. The minimum atomic E-state index is -0.465. The average molecular weight is 295 g/mol. The molecule has 1 heterocycles. The van der Waals surface area contributed by atoms with Crippen LogP contribution in [0.2, 0.25) is 0 Å². The topological polar surface area (TPSA) is 91.2 Å². The number of nitrogens with two attached hydrogens (primary N) is 2. The summed E-state index contributed by atoms with van der Waals surface area (Å²) >= 11 is 2.61. The highest BCUT2D eigenvalue weighted by Gasteiger charge is 2.19. The minimum Gasteiger partial charge on any atom is -0.461 e. The van der Waals surface area contributed by atoms with Crippen molar-refractivity contribution in [1.82, 2.24) is 4.98 Å². The Kier molecular flexibility index (Phi) is 4.28. The van der Waals surface area contributed by atoms with Crippen LogP contribution in [0, 0.1) is 0 Å². The molecule has 0 atom stereocenters. The van der Waals surface area contributed by atoms with E-state index < -0.39 is 5.97 Å². The zero-order chi connectivity index (χ0) is 13.8. The van der Waals surface area contributed by atoms with Gasteiger partial charge in [0, 0.05) is 10.6 Å². The van der Waals surface area contributed by atoms with Gasteiger partial charge in [0.1, 0.15) is 4.21 Å². The molecule has 0 unspecified atom stereocenters. The molecule has 0 radical (unpaired) electrons. The summed E-state index contributed by atoms with van der Waals surface area (Å²) in [5.74, 6) is -0.465. The first-order valence-corrected chi connectivity index (χ1v) is 7.21. The summed E-state index contributed by atoms with van der Waals surface area (Å²) in [7, 11) is 0. The molecule has 19 heavy (non-hydrogen) atoms. The first-order valence-electron chi connectivity index (χ1n) is 5.57. The lowest BCUT2D eigenvalue weighted by molar-refractivity contribution is 0.0516. The van der Waals surface area contributed by atoms with Crippen molar-refractivity contribution < 1.29 is 9.53 Å². The van der Waals surface area contributed by atoms with Crippen LogP contribution in [-0.4, -0.2) is 17.6 Å². The van der Waals surface area contributed by atoms with Gasteiger partial charge in [0.25, 0.3) is 0 Å². The maximum atomic E-state index is 11.8. The largest absolute Gasteiger partial charge is 0.461 e. The standard InChI is InChI=1S/C12H13N3O2S2/c1-2-17-10(16)9-11(19-12(14)15-9)18-8-6-4-3-5-7(8)13/h3-6H,2,13H2,1H3,(H2,14,15). The highest BCUT2D eigenvalue weighted by Crippen LogP contribution is 2.38. The predicted molar refractivity (Wildman–Crippen MR) is 77.5 cm³/mol. The molecule has 1 aromatic heterocycles. The molecule has 0 fully saturated rings. The van der Waals surface area contributed by atoms with Crippen molar-refractivity contribution in [3.63, 3.8) is 0 Å². The molecule has 0 bridgehead atoms. The molecule has 0 amide bonds. The van der Waals surface area contributed by atoms with Crippen molar-refractivity contribution >= 4 is 39.9 Å². The molecule has 5 nitrogen and oxygen atoms in total. The maximum absolute atomic E-state index is 11.8. The number of rotatable bonds is 4. The Balaban J connectivity index is 2.30. The van der Waals surface area contributed by atoms with Gasteiger partial charge in [-0.05, 0) is 19.1 Å². The summed E-state index contributed by atoms with van der Waals surface area (Å²) in [6.07, 6.45) is 0. The van der Waals surface area contributed by atoms with Crippen molar-refractivity contribution in [1.29, 1.82) is 0 Å². The number of nitrogen functional groups attached to an aromatic ring is 2. The van der Waals surface area contributed by atoms with E-state index in [4.69, 9.17) is 16.2 Å². The van der Waals surface area contributed by atoms with Gasteiger partial charge in [0.2, 0.25) is 0 Å². The van der Waals surface area contributed by atoms with Gasteiger partial charge in [-0.15, -0.1) is 0 Å². The lowest BCUT2D eigenvalue weighted by Gasteiger charge is -2.04. The normalized spacial score (nSPS) is 10.4. The number of para-hydroxylation sites is 1. The fourth-order valence-corrected chi connectivity index (χ4v) is 3.40. The molecule has 0 saturated heterocycles. The number of thiazole rings is 1. The van der Waals surface area contributed by atoms with Crippen LogP contribution >= 0.6 is 23.1 Å². The monoisotopic (exact) mass is 295 g/mol. The Bertz CT molecular complexity index is 598. The number of hydrogen-bond acceptors (Lipinski definition) is 7. The molecule has 0 aliphatic heterocycles. The molecule has 1 aromatic carbocycles. The summed E-state index contributed by atoms with van der Waals surface area (Å²) in [5.41, 5.74) is 12.4. The van der Waals surface area contributed by atoms with Crippen LogP contribution < -0.4 is 11.5 Å². The quantitative estimate of drug-likeness (QED) is 0.665. The van der Waals surface area contributed by atoms with E-state index in [1.54, 1.807) is 13.0 Å². The molecule has 2 rings (SSSR count). The van der Waals surface area contributed by atoms with Gasteiger partial charge in [0.05, 0.1) is 6.61 Å². The number of hydrogen-bond donors (Lipinski definition) is 2. The Morgan fingerprint density at radius 1 is 1.42 bits per heavy atom. The molecule has 4 N–H and O–H groups in total. The van der Waals surface area contributed by atoms with Gasteiger partial charge in [-0.3, -0.25) is 0 Å². The SMILES string of the molecule is CCOC(=O)c1nc(N)sc1Sc1ccccc1N. The Hall–Kier alpha value is -1.73. The molecule has 0 spiro atoms. The van der Waals surface area contributed by atoms with E-state index in [9.17, 15) is 4.79 Å². The van der Waals surface area contributed by atoms with E-state index in [-0.39, 0.29) is 5.69 Å². The second kappa shape index (κ2) is 5.94. The first kappa shape index (κ1) is 13.7. The van der Waals surface area contributed by atoms with Crippen LogP contribution in [0.25, 0.3) is 0 Å². The summed E-state index contributed by atoms with van der Waals surface area (Å²) in [6.45, 7) is 2.05. The summed E-state index contributed by atoms with van der Waals surface area (Å²) in [4.78, 5) is 16.6. The molecular weight excluding hydrogens is 282 g/mol.